The van der Waals surface area contributed by atoms with Gasteiger partial charge in [0.15, 0.2) is 5.82 Å². The van der Waals surface area contributed by atoms with Crippen LogP contribution < -0.4 is 10.5 Å². The van der Waals surface area contributed by atoms with Gasteiger partial charge in [-0.15, -0.1) is 0 Å². The zero-order chi connectivity index (χ0) is 30.1. The Hall–Kier alpha value is -3.85. The normalized spacial score (nSPS) is 27.3. The van der Waals surface area contributed by atoms with Crippen LogP contribution in [-0.4, -0.2) is 75.1 Å². The van der Waals surface area contributed by atoms with Crippen LogP contribution in [0, 0.1) is 23.2 Å². The highest BCUT2D eigenvalue weighted by Gasteiger charge is 2.70. The summed E-state index contributed by atoms with van der Waals surface area (Å²) in [7, 11) is 3.72. The fraction of sp³-hybridized carbons (Fsp3) is 0.514. The lowest BCUT2D eigenvalue weighted by molar-refractivity contribution is -0.134. The van der Waals surface area contributed by atoms with Crippen LogP contribution in [0.2, 0.25) is 0 Å². The molecule has 4 heterocycles. The Balaban J connectivity index is 1.13. The van der Waals surface area contributed by atoms with Crippen molar-refractivity contribution in [1.29, 1.82) is 0 Å². The molecule has 0 bridgehead atoms. The highest BCUT2D eigenvalue weighted by molar-refractivity contribution is 6.01. The van der Waals surface area contributed by atoms with E-state index in [1.54, 1.807) is 7.11 Å². The van der Waals surface area contributed by atoms with Crippen molar-refractivity contribution in [2.75, 3.05) is 33.3 Å². The molecule has 0 radical (unpaired) electrons. The van der Waals surface area contributed by atoms with Gasteiger partial charge in [-0.2, -0.15) is 0 Å². The monoisotopic (exact) mass is 592 g/mol. The Morgan fingerprint density at radius 1 is 1.07 bits per heavy atom. The summed E-state index contributed by atoms with van der Waals surface area (Å²) in [6.45, 7) is 5.66. The molecule has 4 aromatic rings. The zero-order valence-corrected chi connectivity index (χ0v) is 25.8. The second-order valence-electron chi connectivity index (χ2n) is 14.3. The summed E-state index contributed by atoms with van der Waals surface area (Å²) in [6.07, 6.45) is 4.89. The van der Waals surface area contributed by atoms with Crippen LogP contribution in [0.4, 0.5) is 0 Å². The molecule has 9 nitrogen and oxygen atoms in total. The van der Waals surface area contributed by atoms with Gasteiger partial charge < -0.3 is 29.4 Å². The molecule has 2 aromatic heterocycles. The summed E-state index contributed by atoms with van der Waals surface area (Å²) < 4.78 is 10.5. The topological polar surface area (TPSA) is 98.6 Å². The number of likely N-dealkylation sites (tertiary alicyclic amines) is 2. The number of aryl methyl sites for hydroxylation is 1. The number of para-hydroxylation sites is 1. The van der Waals surface area contributed by atoms with Crippen molar-refractivity contribution in [3.8, 4) is 17.3 Å². The number of aromatic nitrogens is 3. The number of carbonyl (C=O) groups is 2. The summed E-state index contributed by atoms with van der Waals surface area (Å²) in [5.41, 5.74) is 11.9. The molecular formula is C35H40N6O3. The summed E-state index contributed by atoms with van der Waals surface area (Å²) in [4.78, 5) is 35.3. The first-order valence-corrected chi connectivity index (χ1v) is 16.3. The number of benzene rings is 2. The van der Waals surface area contributed by atoms with Crippen molar-refractivity contribution < 1.29 is 14.3 Å². The quantitative estimate of drug-likeness (QED) is 0.344. The number of amides is 2. The van der Waals surface area contributed by atoms with Gasteiger partial charge in [-0.1, -0.05) is 25.1 Å². The van der Waals surface area contributed by atoms with Gasteiger partial charge in [-0.3, -0.25) is 9.59 Å². The van der Waals surface area contributed by atoms with Crippen LogP contribution in [0.1, 0.15) is 54.4 Å². The molecule has 2 N–H and O–H groups in total. The molecule has 228 valence electrons. The first-order chi connectivity index (χ1) is 21.3. The van der Waals surface area contributed by atoms with E-state index in [1.165, 1.54) is 35.7 Å². The number of nitrogens with two attached hydrogens (primary N) is 1. The van der Waals surface area contributed by atoms with E-state index >= 15 is 0 Å². The molecule has 4 atom stereocenters. The smallest absolute Gasteiger partial charge is 0.254 e. The molecule has 9 heteroatoms. The van der Waals surface area contributed by atoms with Crippen molar-refractivity contribution in [3.63, 3.8) is 0 Å². The second-order valence-corrected chi connectivity index (χ2v) is 14.3. The third-order valence-electron chi connectivity index (χ3n) is 12.2. The Morgan fingerprint density at radius 3 is 2.59 bits per heavy atom. The third-order valence-corrected chi connectivity index (χ3v) is 12.2. The van der Waals surface area contributed by atoms with Gasteiger partial charge in [-0.05, 0) is 72.6 Å². The molecule has 0 spiro atoms. The minimum absolute atomic E-state index is 0.0112. The standard InChI is InChI=1S/C35H40N6O3/c1-35-23-12-24(35)18-41(29(35)13-23)34(43)21-9-26-32(28(11-21)44-3)38(2)33(37-26)27-10-20-5-4-6-25(22-16-39(17-22)30(42)14-36)31(20)40(27)15-19-7-8-19/h4-6,9-11,19,22-24,29H,7-8,12-18,36H2,1-3H3/t23-,24+,29+,35-/m0/s1. The number of carbonyl (C=O) groups excluding carboxylic acids is 2. The minimum atomic E-state index is 0.0112. The fourth-order valence-electron chi connectivity index (χ4n) is 9.21. The number of hydrogen-bond donors (Lipinski definition) is 1. The van der Waals surface area contributed by atoms with E-state index in [-0.39, 0.29) is 24.3 Å². The zero-order valence-electron chi connectivity index (χ0n) is 25.8. The van der Waals surface area contributed by atoms with Crippen molar-refractivity contribution in [1.82, 2.24) is 23.9 Å². The fourth-order valence-corrected chi connectivity index (χ4v) is 9.21. The van der Waals surface area contributed by atoms with E-state index in [0.717, 1.165) is 48.0 Å². The molecule has 2 aromatic carbocycles. The maximum absolute atomic E-state index is 13.9. The van der Waals surface area contributed by atoms with E-state index in [0.29, 0.717) is 47.7 Å². The van der Waals surface area contributed by atoms with Crippen LogP contribution in [0.15, 0.2) is 36.4 Å². The van der Waals surface area contributed by atoms with E-state index < -0.39 is 0 Å². The second kappa shape index (κ2) is 9.10. The Labute approximate surface area is 256 Å². The van der Waals surface area contributed by atoms with Crippen molar-refractivity contribution in [2.24, 2.45) is 36.0 Å². The molecule has 3 saturated carbocycles. The molecule has 44 heavy (non-hydrogen) atoms. The van der Waals surface area contributed by atoms with Crippen molar-refractivity contribution in [2.45, 2.75) is 51.1 Å². The van der Waals surface area contributed by atoms with Gasteiger partial charge in [-0.25, -0.2) is 4.98 Å². The van der Waals surface area contributed by atoms with Gasteiger partial charge in [0.25, 0.3) is 5.91 Å². The lowest BCUT2D eigenvalue weighted by atomic mass is 9.43. The number of ether oxygens (including phenoxy) is 1. The van der Waals surface area contributed by atoms with Gasteiger partial charge >= 0.3 is 0 Å². The average molecular weight is 593 g/mol. The van der Waals surface area contributed by atoms with Crippen molar-refractivity contribution >= 4 is 33.8 Å². The minimum Gasteiger partial charge on any atom is -0.494 e. The van der Waals surface area contributed by atoms with Crippen LogP contribution in [0.3, 0.4) is 0 Å². The van der Waals surface area contributed by atoms with Gasteiger partial charge in [0.2, 0.25) is 5.91 Å². The summed E-state index contributed by atoms with van der Waals surface area (Å²) in [5.74, 6) is 4.05. The van der Waals surface area contributed by atoms with Crippen LogP contribution in [-0.2, 0) is 18.4 Å². The molecule has 5 fully saturated rings. The first-order valence-electron chi connectivity index (χ1n) is 16.3. The number of rotatable bonds is 7. The van der Waals surface area contributed by atoms with Gasteiger partial charge in [0.1, 0.15) is 11.3 Å². The highest BCUT2D eigenvalue weighted by Crippen LogP contribution is 2.69. The Bertz CT molecular complexity index is 1880. The first kappa shape index (κ1) is 26.5. The lowest BCUT2D eigenvalue weighted by Crippen LogP contribution is -2.62. The predicted molar refractivity (Wildman–Crippen MR) is 168 cm³/mol. The summed E-state index contributed by atoms with van der Waals surface area (Å²) in [5, 5.41) is 1.19. The molecule has 2 aliphatic heterocycles. The molecule has 3 aliphatic carbocycles. The van der Waals surface area contributed by atoms with Crippen molar-refractivity contribution in [3.05, 3.63) is 47.5 Å². The van der Waals surface area contributed by atoms with E-state index in [1.807, 2.05) is 24.1 Å². The van der Waals surface area contributed by atoms with Gasteiger partial charge in [0, 0.05) is 56.1 Å². The van der Waals surface area contributed by atoms with E-state index in [4.69, 9.17) is 15.5 Å². The third kappa shape index (κ3) is 3.47. The average Bonchev–Trinajstić information content (AvgIpc) is 3.70. The van der Waals surface area contributed by atoms with Crippen LogP contribution in [0.25, 0.3) is 33.5 Å². The molecule has 2 amide bonds. The number of fused-ring (bicyclic) bond motifs is 2. The highest BCUT2D eigenvalue weighted by atomic mass is 16.5. The Kier molecular flexibility index (Phi) is 5.49. The van der Waals surface area contributed by atoms with E-state index in [9.17, 15) is 9.59 Å². The number of methoxy groups -OCH3 is 1. The molecule has 0 unspecified atom stereocenters. The lowest BCUT2D eigenvalue weighted by Gasteiger charge is -2.62. The van der Waals surface area contributed by atoms with Gasteiger partial charge in [0.05, 0.1) is 30.4 Å². The van der Waals surface area contributed by atoms with E-state index in [2.05, 4.69) is 45.2 Å². The number of nitrogens with zero attached hydrogens (tertiary/aromatic N) is 5. The molecular weight excluding hydrogens is 552 g/mol. The molecule has 5 aliphatic rings. The van der Waals surface area contributed by atoms with Crippen LogP contribution in [0.5, 0.6) is 5.75 Å². The number of imidazole rings is 1. The maximum Gasteiger partial charge on any atom is 0.254 e. The summed E-state index contributed by atoms with van der Waals surface area (Å²) >= 11 is 0. The summed E-state index contributed by atoms with van der Waals surface area (Å²) in [6, 6.07) is 13.0. The Morgan fingerprint density at radius 2 is 1.89 bits per heavy atom. The molecule has 9 rings (SSSR count). The predicted octanol–water partition coefficient (Wildman–Crippen LogP) is 4.37. The number of hydrogen-bond acceptors (Lipinski definition) is 5. The van der Waals surface area contributed by atoms with Crippen LogP contribution >= 0.6 is 0 Å². The largest absolute Gasteiger partial charge is 0.494 e. The molecule has 2 saturated heterocycles. The maximum atomic E-state index is 13.9. The SMILES string of the molecule is COc1cc(C(=O)N2C[C@H]3C[C@H]4C[C@@H]2[C@]34C)cc2nc(-c3cc4cccc(C5CN(C(=O)CN)C5)c4n3CC3CC3)n(C)c12.